The zero-order valence-corrected chi connectivity index (χ0v) is 8.44. The number of hydrogen-bond acceptors (Lipinski definition) is 3. The molecule has 3 heteroatoms. The highest BCUT2D eigenvalue weighted by Gasteiger charge is 2.29. The van der Waals surface area contributed by atoms with Crippen molar-refractivity contribution in [3.8, 4) is 0 Å². The van der Waals surface area contributed by atoms with Gasteiger partial charge in [0, 0.05) is 24.7 Å². The van der Waals surface area contributed by atoms with Gasteiger partial charge in [-0.3, -0.25) is 0 Å². The van der Waals surface area contributed by atoms with Crippen molar-refractivity contribution in [1.29, 1.82) is 0 Å². The average molecular weight is 184 g/mol. The van der Waals surface area contributed by atoms with Crippen molar-refractivity contribution in [2.75, 3.05) is 26.3 Å². The van der Waals surface area contributed by atoms with Crippen LogP contribution in [-0.4, -0.2) is 37.9 Å². The molecule has 13 heavy (non-hydrogen) atoms. The quantitative estimate of drug-likeness (QED) is 0.670. The van der Waals surface area contributed by atoms with Crippen LogP contribution in [0.2, 0.25) is 0 Å². The Kier molecular flexibility index (Phi) is 2.86. The SMILES string of the molecule is CC1(NCC2CCCN2)CCOC1. The summed E-state index contributed by atoms with van der Waals surface area (Å²) >= 11 is 0. The molecule has 0 bridgehead atoms. The number of rotatable bonds is 3. The van der Waals surface area contributed by atoms with E-state index in [9.17, 15) is 0 Å². The summed E-state index contributed by atoms with van der Waals surface area (Å²) in [7, 11) is 0. The van der Waals surface area contributed by atoms with Gasteiger partial charge in [0.05, 0.1) is 6.61 Å². The first-order chi connectivity index (χ1) is 6.29. The van der Waals surface area contributed by atoms with Crippen molar-refractivity contribution in [1.82, 2.24) is 10.6 Å². The van der Waals surface area contributed by atoms with E-state index in [1.54, 1.807) is 0 Å². The second kappa shape index (κ2) is 3.95. The molecular weight excluding hydrogens is 164 g/mol. The monoisotopic (exact) mass is 184 g/mol. The molecule has 2 saturated heterocycles. The molecule has 2 unspecified atom stereocenters. The molecule has 0 spiro atoms. The van der Waals surface area contributed by atoms with E-state index < -0.39 is 0 Å². The summed E-state index contributed by atoms with van der Waals surface area (Å²) < 4.78 is 5.39. The van der Waals surface area contributed by atoms with Crippen molar-refractivity contribution in [2.24, 2.45) is 0 Å². The van der Waals surface area contributed by atoms with E-state index in [-0.39, 0.29) is 5.54 Å². The minimum absolute atomic E-state index is 0.240. The zero-order chi connectivity index (χ0) is 9.15. The van der Waals surface area contributed by atoms with Crippen molar-refractivity contribution < 1.29 is 4.74 Å². The second-order valence-corrected chi connectivity index (χ2v) is 4.54. The molecule has 0 amide bonds. The first-order valence-corrected chi connectivity index (χ1v) is 5.35. The van der Waals surface area contributed by atoms with Gasteiger partial charge in [0.1, 0.15) is 0 Å². The van der Waals surface area contributed by atoms with Gasteiger partial charge in [-0.1, -0.05) is 0 Å². The molecule has 0 radical (unpaired) electrons. The van der Waals surface area contributed by atoms with Crippen LogP contribution in [0.4, 0.5) is 0 Å². The molecule has 0 saturated carbocycles. The maximum Gasteiger partial charge on any atom is 0.0646 e. The number of ether oxygens (including phenoxy) is 1. The minimum Gasteiger partial charge on any atom is -0.379 e. The van der Waals surface area contributed by atoms with Crippen molar-refractivity contribution in [2.45, 2.75) is 37.8 Å². The van der Waals surface area contributed by atoms with Crippen molar-refractivity contribution in [3.63, 3.8) is 0 Å². The Hall–Kier alpha value is -0.120. The van der Waals surface area contributed by atoms with E-state index >= 15 is 0 Å². The largest absolute Gasteiger partial charge is 0.379 e. The van der Waals surface area contributed by atoms with Gasteiger partial charge in [-0.15, -0.1) is 0 Å². The molecule has 2 aliphatic heterocycles. The highest BCUT2D eigenvalue weighted by Crippen LogP contribution is 2.17. The molecule has 0 aromatic rings. The lowest BCUT2D eigenvalue weighted by Crippen LogP contribution is -2.48. The third-order valence-corrected chi connectivity index (χ3v) is 3.16. The van der Waals surface area contributed by atoms with Crippen LogP contribution in [0, 0.1) is 0 Å². The summed E-state index contributed by atoms with van der Waals surface area (Å²) in [6, 6.07) is 0.692. The molecule has 3 nitrogen and oxygen atoms in total. The van der Waals surface area contributed by atoms with E-state index in [2.05, 4.69) is 17.6 Å². The van der Waals surface area contributed by atoms with Crippen LogP contribution in [0.15, 0.2) is 0 Å². The summed E-state index contributed by atoms with van der Waals surface area (Å²) in [4.78, 5) is 0. The molecule has 0 aromatic carbocycles. The third-order valence-electron chi connectivity index (χ3n) is 3.16. The van der Waals surface area contributed by atoms with Crippen LogP contribution in [0.5, 0.6) is 0 Å². The van der Waals surface area contributed by atoms with Crippen molar-refractivity contribution in [3.05, 3.63) is 0 Å². The standard InChI is InChI=1S/C10H20N2O/c1-10(4-6-13-8-10)12-7-9-3-2-5-11-9/h9,11-12H,2-8H2,1H3. The summed E-state index contributed by atoms with van der Waals surface area (Å²) in [5.41, 5.74) is 0.240. The summed E-state index contributed by atoms with van der Waals surface area (Å²) in [6.45, 7) is 6.34. The van der Waals surface area contributed by atoms with Gasteiger partial charge in [0.15, 0.2) is 0 Å². The minimum atomic E-state index is 0.240. The summed E-state index contributed by atoms with van der Waals surface area (Å²) in [5, 5.41) is 7.11. The smallest absolute Gasteiger partial charge is 0.0646 e. The van der Waals surface area contributed by atoms with Crippen LogP contribution in [0.3, 0.4) is 0 Å². The predicted molar refractivity (Wildman–Crippen MR) is 52.9 cm³/mol. The van der Waals surface area contributed by atoms with Crippen LogP contribution in [0.25, 0.3) is 0 Å². The fourth-order valence-electron chi connectivity index (χ4n) is 2.11. The molecule has 0 aliphatic carbocycles. The highest BCUT2D eigenvalue weighted by atomic mass is 16.5. The first kappa shape index (κ1) is 9.44. The second-order valence-electron chi connectivity index (χ2n) is 4.54. The Morgan fingerprint density at radius 2 is 2.54 bits per heavy atom. The predicted octanol–water partition coefficient (Wildman–Crippen LogP) is 0.507. The number of hydrogen-bond donors (Lipinski definition) is 2. The Balaban J connectivity index is 1.71. The van der Waals surface area contributed by atoms with Gasteiger partial charge in [-0.05, 0) is 32.7 Å². The van der Waals surface area contributed by atoms with E-state index in [0.717, 1.165) is 26.2 Å². The maximum absolute atomic E-state index is 5.39. The third kappa shape index (κ3) is 2.42. The van der Waals surface area contributed by atoms with Gasteiger partial charge >= 0.3 is 0 Å². The first-order valence-electron chi connectivity index (χ1n) is 5.35. The van der Waals surface area contributed by atoms with Crippen LogP contribution >= 0.6 is 0 Å². The molecule has 2 fully saturated rings. The van der Waals surface area contributed by atoms with Crippen LogP contribution < -0.4 is 10.6 Å². The molecule has 2 N–H and O–H groups in total. The van der Waals surface area contributed by atoms with E-state index in [1.165, 1.54) is 19.4 Å². The lowest BCUT2D eigenvalue weighted by atomic mass is 10.0. The molecule has 2 atom stereocenters. The van der Waals surface area contributed by atoms with Gasteiger partial charge in [-0.25, -0.2) is 0 Å². The van der Waals surface area contributed by atoms with E-state index in [4.69, 9.17) is 4.74 Å². The average Bonchev–Trinajstić information content (AvgIpc) is 2.72. The number of nitrogens with one attached hydrogen (secondary N) is 2. The molecule has 2 aliphatic rings. The van der Waals surface area contributed by atoms with E-state index in [1.807, 2.05) is 0 Å². The van der Waals surface area contributed by atoms with E-state index in [0.29, 0.717) is 6.04 Å². The Morgan fingerprint density at radius 3 is 3.15 bits per heavy atom. The van der Waals surface area contributed by atoms with Gasteiger partial charge in [0.2, 0.25) is 0 Å². The molecular formula is C10H20N2O. The van der Waals surface area contributed by atoms with Crippen LogP contribution in [-0.2, 0) is 4.74 Å². The summed E-state index contributed by atoms with van der Waals surface area (Å²) in [5.74, 6) is 0. The topological polar surface area (TPSA) is 33.3 Å². The fraction of sp³-hybridized carbons (Fsp3) is 1.00. The molecule has 0 aromatic heterocycles. The van der Waals surface area contributed by atoms with Gasteiger partial charge in [-0.2, -0.15) is 0 Å². The zero-order valence-electron chi connectivity index (χ0n) is 8.44. The summed E-state index contributed by atoms with van der Waals surface area (Å²) in [6.07, 6.45) is 3.81. The van der Waals surface area contributed by atoms with Gasteiger partial charge in [0.25, 0.3) is 0 Å². The molecule has 2 rings (SSSR count). The Morgan fingerprint density at radius 1 is 1.62 bits per heavy atom. The normalized spacial score (nSPS) is 39.9. The highest BCUT2D eigenvalue weighted by molar-refractivity contribution is 4.89. The van der Waals surface area contributed by atoms with Crippen LogP contribution in [0.1, 0.15) is 26.2 Å². The van der Waals surface area contributed by atoms with Gasteiger partial charge < -0.3 is 15.4 Å². The lowest BCUT2D eigenvalue weighted by molar-refractivity contribution is 0.171. The Labute approximate surface area is 80.2 Å². The molecule has 76 valence electrons. The maximum atomic E-state index is 5.39. The fourth-order valence-corrected chi connectivity index (χ4v) is 2.11. The Bertz CT molecular complexity index is 160. The molecule has 2 heterocycles. The van der Waals surface area contributed by atoms with Crippen molar-refractivity contribution >= 4 is 0 Å². The lowest BCUT2D eigenvalue weighted by Gasteiger charge is -2.25.